The van der Waals surface area contributed by atoms with Gasteiger partial charge in [-0.3, -0.25) is 9.80 Å². The molecule has 2 rings (SSSR count). The Morgan fingerprint density at radius 2 is 1.85 bits per heavy atom. The smallest absolute Gasteiger partial charge is 0.0277 e. The van der Waals surface area contributed by atoms with Crippen molar-refractivity contribution in [3.8, 4) is 0 Å². The van der Waals surface area contributed by atoms with Crippen molar-refractivity contribution < 1.29 is 0 Å². The van der Waals surface area contributed by atoms with Crippen molar-refractivity contribution in [2.45, 2.75) is 64.6 Å². The van der Waals surface area contributed by atoms with E-state index in [9.17, 15) is 0 Å². The lowest BCUT2D eigenvalue weighted by atomic mass is 9.76. The van der Waals surface area contributed by atoms with Crippen LogP contribution >= 0.6 is 0 Å². The Morgan fingerprint density at radius 1 is 1.15 bits per heavy atom. The number of nitrogens with one attached hydrogen (secondary N) is 1. The SMILES string of the molecule is CNC1CCC(C(C)C)CC1N1CCN(C)C(C)(C)C1. The van der Waals surface area contributed by atoms with E-state index in [0.717, 1.165) is 17.9 Å². The molecule has 0 aromatic carbocycles. The van der Waals surface area contributed by atoms with Crippen LogP contribution in [0.1, 0.15) is 47.0 Å². The maximum Gasteiger partial charge on any atom is 0.0277 e. The van der Waals surface area contributed by atoms with Crippen molar-refractivity contribution in [1.82, 2.24) is 15.1 Å². The van der Waals surface area contributed by atoms with E-state index in [2.05, 4.69) is 56.9 Å². The van der Waals surface area contributed by atoms with Crippen LogP contribution in [-0.2, 0) is 0 Å². The third-order valence-electron chi connectivity index (χ3n) is 5.99. The summed E-state index contributed by atoms with van der Waals surface area (Å²) in [6, 6.07) is 1.42. The van der Waals surface area contributed by atoms with Gasteiger partial charge in [0.2, 0.25) is 0 Å². The Balaban J connectivity index is 2.07. The second kappa shape index (κ2) is 6.33. The fraction of sp³-hybridized carbons (Fsp3) is 1.00. The molecule has 1 aliphatic carbocycles. The van der Waals surface area contributed by atoms with Crippen LogP contribution in [-0.4, -0.2) is 61.2 Å². The lowest BCUT2D eigenvalue weighted by Gasteiger charge is -2.51. The first kappa shape index (κ1) is 16.3. The molecule has 3 heteroatoms. The van der Waals surface area contributed by atoms with Gasteiger partial charge in [0.1, 0.15) is 0 Å². The van der Waals surface area contributed by atoms with Crippen LogP contribution in [0.2, 0.25) is 0 Å². The van der Waals surface area contributed by atoms with Gasteiger partial charge in [-0.1, -0.05) is 13.8 Å². The van der Waals surface area contributed by atoms with Crippen LogP contribution in [0.4, 0.5) is 0 Å². The molecule has 1 saturated heterocycles. The molecule has 20 heavy (non-hydrogen) atoms. The topological polar surface area (TPSA) is 18.5 Å². The zero-order valence-corrected chi connectivity index (χ0v) is 14.4. The molecule has 3 nitrogen and oxygen atoms in total. The average Bonchev–Trinajstić information content (AvgIpc) is 2.41. The summed E-state index contributed by atoms with van der Waals surface area (Å²) in [5.74, 6) is 1.74. The predicted octanol–water partition coefficient (Wildman–Crippen LogP) is 2.43. The summed E-state index contributed by atoms with van der Waals surface area (Å²) in [5.41, 5.74) is 0.307. The molecule has 0 amide bonds. The highest BCUT2D eigenvalue weighted by molar-refractivity contribution is 4.97. The summed E-state index contributed by atoms with van der Waals surface area (Å²) >= 11 is 0. The van der Waals surface area contributed by atoms with Crippen molar-refractivity contribution in [2.24, 2.45) is 11.8 Å². The number of likely N-dealkylation sites (N-methyl/N-ethyl adjacent to an activating group) is 2. The normalized spacial score (nSPS) is 36.5. The molecule has 2 fully saturated rings. The molecule has 3 atom stereocenters. The molecule has 3 unspecified atom stereocenters. The first-order chi connectivity index (χ1) is 9.35. The van der Waals surface area contributed by atoms with Crippen LogP contribution < -0.4 is 5.32 Å². The fourth-order valence-electron chi connectivity index (χ4n) is 4.09. The summed E-state index contributed by atoms with van der Waals surface area (Å²) in [7, 11) is 4.42. The number of nitrogens with zero attached hydrogens (tertiary/aromatic N) is 2. The molecule has 0 spiro atoms. The molecule has 1 aliphatic heterocycles. The molecule has 0 radical (unpaired) electrons. The minimum atomic E-state index is 0.307. The summed E-state index contributed by atoms with van der Waals surface area (Å²) in [5, 5.41) is 3.59. The van der Waals surface area contributed by atoms with Crippen LogP contribution in [0, 0.1) is 11.8 Å². The molecule has 2 aliphatic rings. The van der Waals surface area contributed by atoms with E-state index in [4.69, 9.17) is 0 Å². The molecule has 1 saturated carbocycles. The van der Waals surface area contributed by atoms with Gasteiger partial charge in [0.05, 0.1) is 0 Å². The Morgan fingerprint density at radius 3 is 2.40 bits per heavy atom. The van der Waals surface area contributed by atoms with Gasteiger partial charge in [0.15, 0.2) is 0 Å². The second-order valence-electron chi connectivity index (χ2n) is 7.98. The third-order valence-corrected chi connectivity index (χ3v) is 5.99. The highest BCUT2D eigenvalue weighted by Crippen LogP contribution is 2.34. The highest BCUT2D eigenvalue weighted by Gasteiger charge is 2.39. The maximum absolute atomic E-state index is 3.59. The fourth-order valence-corrected chi connectivity index (χ4v) is 4.09. The molecule has 1 N–H and O–H groups in total. The third kappa shape index (κ3) is 3.37. The van der Waals surface area contributed by atoms with Gasteiger partial charge in [0.25, 0.3) is 0 Å². The maximum atomic E-state index is 3.59. The van der Waals surface area contributed by atoms with Crippen molar-refractivity contribution in [2.75, 3.05) is 33.7 Å². The highest BCUT2D eigenvalue weighted by atomic mass is 15.3. The second-order valence-corrected chi connectivity index (χ2v) is 7.98. The van der Waals surface area contributed by atoms with Crippen molar-refractivity contribution in [3.63, 3.8) is 0 Å². The van der Waals surface area contributed by atoms with Gasteiger partial charge in [-0.25, -0.2) is 0 Å². The minimum Gasteiger partial charge on any atom is -0.315 e. The molecular weight excluding hydrogens is 246 g/mol. The van der Waals surface area contributed by atoms with Crippen molar-refractivity contribution in [3.05, 3.63) is 0 Å². The lowest BCUT2D eigenvalue weighted by molar-refractivity contribution is -0.0110. The Labute approximate surface area is 126 Å². The Kier molecular flexibility index (Phi) is 5.14. The van der Waals surface area contributed by atoms with E-state index in [1.165, 1.54) is 38.9 Å². The first-order valence-corrected chi connectivity index (χ1v) is 8.47. The van der Waals surface area contributed by atoms with Gasteiger partial charge in [-0.2, -0.15) is 0 Å². The standard InChI is InChI=1S/C17H35N3/c1-13(2)14-7-8-15(18-5)16(11-14)20-10-9-19(6)17(3,4)12-20/h13-16,18H,7-12H2,1-6H3. The quantitative estimate of drug-likeness (QED) is 0.857. The summed E-state index contributed by atoms with van der Waals surface area (Å²) in [6.07, 6.45) is 4.12. The monoisotopic (exact) mass is 281 g/mol. The van der Waals surface area contributed by atoms with Gasteiger partial charge >= 0.3 is 0 Å². The summed E-state index contributed by atoms with van der Waals surface area (Å²) in [4.78, 5) is 5.29. The van der Waals surface area contributed by atoms with Gasteiger partial charge in [-0.15, -0.1) is 0 Å². The summed E-state index contributed by atoms with van der Waals surface area (Å²) in [6.45, 7) is 13.2. The molecule has 0 bridgehead atoms. The molecular formula is C17H35N3. The largest absolute Gasteiger partial charge is 0.315 e. The van der Waals surface area contributed by atoms with E-state index in [1.807, 2.05) is 0 Å². The predicted molar refractivity (Wildman–Crippen MR) is 87.1 cm³/mol. The lowest BCUT2D eigenvalue weighted by Crippen LogP contribution is -2.63. The van der Waals surface area contributed by atoms with Crippen LogP contribution in [0.5, 0.6) is 0 Å². The van der Waals surface area contributed by atoms with Crippen LogP contribution in [0.25, 0.3) is 0 Å². The summed E-state index contributed by atoms with van der Waals surface area (Å²) < 4.78 is 0. The number of hydrogen-bond donors (Lipinski definition) is 1. The van der Waals surface area contributed by atoms with Crippen LogP contribution in [0.3, 0.4) is 0 Å². The number of rotatable bonds is 3. The van der Waals surface area contributed by atoms with E-state index < -0.39 is 0 Å². The van der Waals surface area contributed by atoms with E-state index in [0.29, 0.717) is 11.6 Å². The van der Waals surface area contributed by atoms with Gasteiger partial charge in [-0.05, 0) is 59.0 Å². The number of piperazine rings is 1. The molecule has 1 heterocycles. The molecule has 118 valence electrons. The number of hydrogen-bond acceptors (Lipinski definition) is 3. The van der Waals surface area contributed by atoms with E-state index >= 15 is 0 Å². The zero-order chi connectivity index (χ0) is 14.9. The molecule has 0 aromatic heterocycles. The van der Waals surface area contributed by atoms with Crippen LogP contribution in [0.15, 0.2) is 0 Å². The molecule has 0 aromatic rings. The van der Waals surface area contributed by atoms with Gasteiger partial charge < -0.3 is 5.32 Å². The van der Waals surface area contributed by atoms with Crippen molar-refractivity contribution in [1.29, 1.82) is 0 Å². The minimum absolute atomic E-state index is 0.307. The van der Waals surface area contributed by atoms with E-state index in [-0.39, 0.29) is 0 Å². The first-order valence-electron chi connectivity index (χ1n) is 8.47. The Bertz CT molecular complexity index is 313. The van der Waals surface area contributed by atoms with E-state index in [1.54, 1.807) is 0 Å². The van der Waals surface area contributed by atoms with Crippen molar-refractivity contribution >= 4 is 0 Å². The average molecular weight is 281 g/mol. The Hall–Kier alpha value is -0.120. The van der Waals surface area contributed by atoms with Gasteiger partial charge in [0, 0.05) is 37.3 Å². The zero-order valence-electron chi connectivity index (χ0n) is 14.4.